The van der Waals surface area contributed by atoms with Gasteiger partial charge >= 0.3 is 0 Å². The number of hydrogen-bond donors (Lipinski definition) is 2. The summed E-state index contributed by atoms with van der Waals surface area (Å²) in [7, 11) is 1.59. The zero-order valence-corrected chi connectivity index (χ0v) is 11.2. The number of nitrogens with zero attached hydrogens (tertiary/aromatic N) is 2. The Bertz CT molecular complexity index is 589. The second kappa shape index (κ2) is 5.56. The fourth-order valence-corrected chi connectivity index (χ4v) is 1.93. The van der Waals surface area contributed by atoms with Crippen LogP contribution in [0.2, 0.25) is 0 Å². The van der Waals surface area contributed by atoms with Gasteiger partial charge in [-0.05, 0) is 24.1 Å². The third-order valence-corrected chi connectivity index (χ3v) is 2.94. The first-order valence-electron chi connectivity index (χ1n) is 6.30. The van der Waals surface area contributed by atoms with Gasteiger partial charge in [-0.25, -0.2) is 0 Å². The smallest absolute Gasteiger partial charge is 0.253 e. The molecule has 0 atom stereocenters. The predicted octanol–water partition coefficient (Wildman–Crippen LogP) is 1.90. The van der Waals surface area contributed by atoms with Crippen LogP contribution in [0.4, 0.5) is 5.69 Å². The van der Waals surface area contributed by atoms with Gasteiger partial charge in [-0.15, -0.1) is 0 Å². The molecule has 2 rings (SSSR count). The number of nitrogen functional groups attached to an aromatic ring is 1. The van der Waals surface area contributed by atoms with Crippen molar-refractivity contribution in [1.29, 1.82) is 0 Å². The highest BCUT2D eigenvalue weighted by Gasteiger charge is 2.10. The molecule has 0 aliphatic rings. The Hall–Kier alpha value is -2.30. The van der Waals surface area contributed by atoms with Gasteiger partial charge < -0.3 is 11.1 Å². The van der Waals surface area contributed by atoms with Crippen molar-refractivity contribution in [3.63, 3.8) is 0 Å². The third-order valence-electron chi connectivity index (χ3n) is 2.94. The van der Waals surface area contributed by atoms with Crippen LogP contribution >= 0.6 is 0 Å². The highest BCUT2D eigenvalue weighted by molar-refractivity contribution is 6.00. The van der Waals surface area contributed by atoms with E-state index in [0.29, 0.717) is 11.3 Å². The van der Waals surface area contributed by atoms with E-state index in [1.165, 1.54) is 0 Å². The summed E-state index contributed by atoms with van der Waals surface area (Å²) in [6.45, 7) is 2.99. The van der Waals surface area contributed by atoms with Gasteiger partial charge in [0.1, 0.15) is 0 Å². The molecule has 19 heavy (non-hydrogen) atoms. The molecule has 1 aromatic carbocycles. The Kier molecular flexibility index (Phi) is 3.85. The number of aryl methyl sites for hydroxylation is 1. The number of rotatable bonds is 4. The molecule has 5 nitrogen and oxygen atoms in total. The van der Waals surface area contributed by atoms with E-state index in [4.69, 9.17) is 5.73 Å². The molecule has 0 fully saturated rings. The van der Waals surface area contributed by atoms with Gasteiger partial charge in [-0.3, -0.25) is 9.48 Å². The van der Waals surface area contributed by atoms with Crippen LogP contribution in [0.15, 0.2) is 30.6 Å². The van der Waals surface area contributed by atoms with Crippen LogP contribution in [-0.4, -0.2) is 22.7 Å². The van der Waals surface area contributed by atoms with Gasteiger partial charge in [-0.2, -0.15) is 5.10 Å². The van der Waals surface area contributed by atoms with Crippen molar-refractivity contribution in [2.24, 2.45) is 0 Å². The molecule has 0 aliphatic heterocycles. The summed E-state index contributed by atoms with van der Waals surface area (Å²) in [5.74, 6) is -0.180. The number of carbonyl (C=O) groups is 1. The molecule has 1 aromatic heterocycles. The lowest BCUT2D eigenvalue weighted by Crippen LogP contribution is -2.19. The maximum Gasteiger partial charge on any atom is 0.253 e. The quantitative estimate of drug-likeness (QED) is 0.823. The van der Waals surface area contributed by atoms with Crippen molar-refractivity contribution in [2.45, 2.75) is 19.9 Å². The molecule has 0 unspecified atom stereocenters. The lowest BCUT2D eigenvalue weighted by Gasteiger charge is -2.06. The lowest BCUT2D eigenvalue weighted by atomic mass is 10.0. The Morgan fingerprint density at radius 2 is 2.21 bits per heavy atom. The first-order chi connectivity index (χ1) is 9.15. The van der Waals surface area contributed by atoms with Crippen LogP contribution in [0, 0.1) is 0 Å². The van der Waals surface area contributed by atoms with E-state index in [1.54, 1.807) is 25.4 Å². The molecule has 2 aromatic rings. The Balaban J connectivity index is 2.36. The molecule has 1 heterocycles. The van der Waals surface area contributed by atoms with Crippen molar-refractivity contribution in [3.05, 3.63) is 36.2 Å². The molecule has 100 valence electrons. The van der Waals surface area contributed by atoms with E-state index in [2.05, 4.69) is 17.3 Å². The van der Waals surface area contributed by atoms with E-state index >= 15 is 0 Å². The standard InChI is InChI=1S/C14H18N4O/c1-3-6-18-9-11(8-17-18)10-4-5-13(15)12(7-10)14(19)16-2/h4-5,7-9H,3,6,15H2,1-2H3,(H,16,19). The molecule has 5 heteroatoms. The van der Waals surface area contributed by atoms with Gasteiger partial charge in [0.2, 0.25) is 0 Å². The van der Waals surface area contributed by atoms with E-state index in [1.807, 2.05) is 16.9 Å². The van der Waals surface area contributed by atoms with Gasteiger partial charge in [0.05, 0.1) is 11.8 Å². The summed E-state index contributed by atoms with van der Waals surface area (Å²) < 4.78 is 1.89. The number of hydrogen-bond acceptors (Lipinski definition) is 3. The largest absolute Gasteiger partial charge is 0.398 e. The molecule has 0 bridgehead atoms. The summed E-state index contributed by atoms with van der Waals surface area (Å²) in [6, 6.07) is 5.44. The summed E-state index contributed by atoms with van der Waals surface area (Å²) in [5.41, 5.74) is 8.71. The number of aromatic nitrogens is 2. The second-order valence-electron chi connectivity index (χ2n) is 4.37. The molecular weight excluding hydrogens is 240 g/mol. The summed E-state index contributed by atoms with van der Waals surface area (Å²) in [5, 5.41) is 6.87. The maximum atomic E-state index is 11.7. The molecule has 1 amide bonds. The number of nitrogens with two attached hydrogens (primary N) is 1. The summed E-state index contributed by atoms with van der Waals surface area (Å²) in [4.78, 5) is 11.7. The number of carbonyl (C=O) groups excluding carboxylic acids is 1. The van der Waals surface area contributed by atoms with Crippen molar-refractivity contribution >= 4 is 11.6 Å². The number of anilines is 1. The molecule has 0 radical (unpaired) electrons. The van der Waals surface area contributed by atoms with Crippen molar-refractivity contribution < 1.29 is 4.79 Å². The predicted molar refractivity (Wildman–Crippen MR) is 75.8 cm³/mol. The minimum absolute atomic E-state index is 0.180. The van der Waals surface area contributed by atoms with Gasteiger partial charge in [0.15, 0.2) is 0 Å². The molecular formula is C14H18N4O. The molecule has 0 spiro atoms. The molecule has 0 saturated carbocycles. The number of nitrogens with one attached hydrogen (secondary N) is 1. The summed E-state index contributed by atoms with van der Waals surface area (Å²) in [6.07, 6.45) is 4.81. The second-order valence-corrected chi connectivity index (χ2v) is 4.37. The minimum atomic E-state index is -0.180. The summed E-state index contributed by atoms with van der Waals surface area (Å²) >= 11 is 0. The molecule has 3 N–H and O–H groups in total. The van der Waals surface area contributed by atoms with Crippen molar-refractivity contribution in [1.82, 2.24) is 15.1 Å². The van der Waals surface area contributed by atoms with E-state index < -0.39 is 0 Å². The fourth-order valence-electron chi connectivity index (χ4n) is 1.93. The van der Waals surface area contributed by atoms with Crippen LogP contribution in [0.5, 0.6) is 0 Å². The van der Waals surface area contributed by atoms with Gasteiger partial charge in [0.25, 0.3) is 5.91 Å². The van der Waals surface area contributed by atoms with Crippen LogP contribution in [0.1, 0.15) is 23.7 Å². The van der Waals surface area contributed by atoms with Gasteiger partial charge in [-0.1, -0.05) is 13.0 Å². The molecule has 0 saturated heterocycles. The van der Waals surface area contributed by atoms with Crippen LogP contribution in [0.25, 0.3) is 11.1 Å². The maximum absolute atomic E-state index is 11.7. The molecule has 0 aliphatic carbocycles. The van der Waals surface area contributed by atoms with Crippen LogP contribution in [0.3, 0.4) is 0 Å². The highest BCUT2D eigenvalue weighted by atomic mass is 16.1. The first kappa shape index (κ1) is 13.1. The van der Waals surface area contributed by atoms with E-state index in [-0.39, 0.29) is 5.91 Å². The Labute approximate surface area is 112 Å². The number of amides is 1. The average Bonchev–Trinajstić information content (AvgIpc) is 2.87. The highest BCUT2D eigenvalue weighted by Crippen LogP contribution is 2.23. The van der Waals surface area contributed by atoms with Crippen molar-refractivity contribution in [2.75, 3.05) is 12.8 Å². The van der Waals surface area contributed by atoms with Crippen LogP contribution in [-0.2, 0) is 6.54 Å². The van der Waals surface area contributed by atoms with Crippen molar-refractivity contribution in [3.8, 4) is 11.1 Å². The SMILES string of the molecule is CCCn1cc(-c2ccc(N)c(C(=O)NC)c2)cn1. The number of benzene rings is 1. The van der Waals surface area contributed by atoms with Gasteiger partial charge in [0, 0.05) is 31.0 Å². The monoisotopic (exact) mass is 258 g/mol. The Morgan fingerprint density at radius 3 is 2.89 bits per heavy atom. The fraction of sp³-hybridized carbons (Fsp3) is 0.286. The minimum Gasteiger partial charge on any atom is -0.398 e. The normalized spacial score (nSPS) is 10.4. The average molecular weight is 258 g/mol. The first-order valence-corrected chi connectivity index (χ1v) is 6.30. The zero-order chi connectivity index (χ0) is 13.8. The topological polar surface area (TPSA) is 72.9 Å². The van der Waals surface area contributed by atoms with E-state index in [0.717, 1.165) is 24.1 Å². The Morgan fingerprint density at radius 1 is 1.42 bits per heavy atom. The van der Waals surface area contributed by atoms with Crippen LogP contribution < -0.4 is 11.1 Å². The lowest BCUT2D eigenvalue weighted by molar-refractivity contribution is 0.0964. The third kappa shape index (κ3) is 2.76. The zero-order valence-electron chi connectivity index (χ0n) is 11.2. The van der Waals surface area contributed by atoms with E-state index in [9.17, 15) is 4.79 Å².